The molecule has 6 heteroatoms. The van der Waals surface area contributed by atoms with Crippen molar-refractivity contribution in [3.8, 4) is 0 Å². The van der Waals surface area contributed by atoms with Crippen LogP contribution in [0.5, 0.6) is 0 Å². The highest BCUT2D eigenvalue weighted by atomic mass is 32.2. The Morgan fingerprint density at radius 1 is 1.30 bits per heavy atom. The lowest BCUT2D eigenvalue weighted by molar-refractivity contribution is 0.204. The summed E-state index contributed by atoms with van der Waals surface area (Å²) in [4.78, 5) is 2.61. The minimum Gasteiger partial charge on any atom is -0.390 e. The zero-order valence-corrected chi connectivity index (χ0v) is 13.7. The Bertz CT molecular complexity index is 456. The van der Waals surface area contributed by atoms with E-state index in [9.17, 15) is 5.11 Å². The van der Waals surface area contributed by atoms with Gasteiger partial charge in [-0.1, -0.05) is 0 Å². The summed E-state index contributed by atoms with van der Waals surface area (Å²) < 4.78 is 2.08. The summed E-state index contributed by atoms with van der Waals surface area (Å²) in [5.74, 6) is 5.07. The molecule has 1 fully saturated rings. The van der Waals surface area contributed by atoms with E-state index in [4.69, 9.17) is 0 Å². The summed E-state index contributed by atoms with van der Waals surface area (Å²) in [6, 6.07) is 0.678. The van der Waals surface area contributed by atoms with E-state index in [1.54, 1.807) is 0 Å². The third kappa shape index (κ3) is 2.89. The number of aromatic nitrogens is 2. The number of rotatable bonds is 3. The summed E-state index contributed by atoms with van der Waals surface area (Å²) in [7, 11) is 0. The monoisotopic (exact) mass is 313 g/mol. The SMILES string of the molecule is CCn1nc(CO)c2c1CCN(C1CSCCSC1)C2. The van der Waals surface area contributed by atoms with Gasteiger partial charge in [0.05, 0.1) is 12.3 Å². The predicted molar refractivity (Wildman–Crippen MR) is 86.4 cm³/mol. The van der Waals surface area contributed by atoms with Crippen molar-refractivity contribution >= 4 is 23.5 Å². The maximum atomic E-state index is 9.54. The lowest BCUT2D eigenvalue weighted by Crippen LogP contribution is -2.42. The van der Waals surface area contributed by atoms with Gasteiger partial charge < -0.3 is 5.11 Å². The first kappa shape index (κ1) is 14.8. The van der Waals surface area contributed by atoms with E-state index >= 15 is 0 Å². The number of thioether (sulfide) groups is 2. The zero-order valence-electron chi connectivity index (χ0n) is 12.0. The Morgan fingerprint density at radius 3 is 2.70 bits per heavy atom. The van der Waals surface area contributed by atoms with Gasteiger partial charge in [0.25, 0.3) is 0 Å². The van der Waals surface area contributed by atoms with Crippen LogP contribution in [0.25, 0.3) is 0 Å². The quantitative estimate of drug-likeness (QED) is 0.918. The standard InChI is InChI=1S/C14H23N3OS2/c1-2-17-14-3-4-16(7-12(14)13(8-18)15-17)11-9-19-5-6-20-10-11/h11,18H,2-10H2,1H3. The van der Waals surface area contributed by atoms with E-state index in [1.807, 2.05) is 0 Å². The average molecular weight is 313 g/mol. The molecule has 0 radical (unpaired) electrons. The van der Waals surface area contributed by atoms with Crippen LogP contribution in [-0.2, 0) is 26.1 Å². The van der Waals surface area contributed by atoms with Crippen LogP contribution >= 0.6 is 23.5 Å². The Balaban J connectivity index is 1.78. The largest absolute Gasteiger partial charge is 0.390 e. The number of fused-ring (bicyclic) bond motifs is 1. The second-order valence-electron chi connectivity index (χ2n) is 5.37. The van der Waals surface area contributed by atoms with Crippen LogP contribution in [0.2, 0.25) is 0 Å². The second-order valence-corrected chi connectivity index (χ2v) is 7.67. The van der Waals surface area contributed by atoms with Crippen LogP contribution in [-0.4, -0.2) is 55.4 Å². The summed E-state index contributed by atoms with van der Waals surface area (Å²) >= 11 is 4.17. The van der Waals surface area contributed by atoms with E-state index in [-0.39, 0.29) is 6.61 Å². The number of hydrogen-bond donors (Lipinski definition) is 1. The molecule has 112 valence electrons. The van der Waals surface area contributed by atoms with Crippen LogP contribution in [0.3, 0.4) is 0 Å². The third-order valence-electron chi connectivity index (χ3n) is 4.20. The minimum absolute atomic E-state index is 0.0668. The van der Waals surface area contributed by atoms with Gasteiger partial charge in [-0.15, -0.1) is 0 Å². The predicted octanol–water partition coefficient (Wildman–Crippen LogP) is 1.60. The molecule has 20 heavy (non-hydrogen) atoms. The maximum absolute atomic E-state index is 9.54. The Hall–Kier alpha value is -0.170. The van der Waals surface area contributed by atoms with Gasteiger partial charge >= 0.3 is 0 Å². The van der Waals surface area contributed by atoms with Crippen molar-refractivity contribution in [2.45, 2.75) is 39.1 Å². The summed E-state index contributed by atoms with van der Waals surface area (Å²) in [6.45, 7) is 5.19. The van der Waals surface area contributed by atoms with Crippen LogP contribution < -0.4 is 0 Å². The van der Waals surface area contributed by atoms with Crippen molar-refractivity contribution in [2.75, 3.05) is 29.6 Å². The lowest BCUT2D eigenvalue weighted by atomic mass is 10.0. The number of aryl methyl sites for hydroxylation is 1. The highest BCUT2D eigenvalue weighted by Gasteiger charge is 2.28. The van der Waals surface area contributed by atoms with Crippen molar-refractivity contribution in [1.82, 2.24) is 14.7 Å². The summed E-state index contributed by atoms with van der Waals surface area (Å²) in [5, 5.41) is 14.1. The molecular formula is C14H23N3OS2. The average Bonchev–Trinajstić information content (AvgIpc) is 2.65. The number of nitrogens with zero attached hydrogens (tertiary/aromatic N) is 3. The number of aliphatic hydroxyl groups is 1. The van der Waals surface area contributed by atoms with E-state index in [0.717, 1.165) is 31.7 Å². The third-order valence-corrected chi connectivity index (χ3v) is 6.69. The second kappa shape index (κ2) is 6.73. The van der Waals surface area contributed by atoms with Crippen molar-refractivity contribution in [1.29, 1.82) is 0 Å². The Kier molecular flexibility index (Phi) is 4.96. The van der Waals surface area contributed by atoms with E-state index in [2.05, 4.69) is 45.1 Å². The molecule has 1 aromatic rings. The van der Waals surface area contributed by atoms with E-state index in [0.29, 0.717) is 6.04 Å². The van der Waals surface area contributed by atoms with Crippen LogP contribution in [0.15, 0.2) is 0 Å². The van der Waals surface area contributed by atoms with Gasteiger partial charge in [0.1, 0.15) is 0 Å². The number of aliphatic hydroxyl groups excluding tert-OH is 1. The van der Waals surface area contributed by atoms with Crippen LogP contribution in [0.1, 0.15) is 23.9 Å². The smallest absolute Gasteiger partial charge is 0.0926 e. The molecule has 0 aromatic carbocycles. The molecule has 0 unspecified atom stereocenters. The minimum atomic E-state index is 0.0668. The van der Waals surface area contributed by atoms with E-state index in [1.165, 1.54) is 34.3 Å². The topological polar surface area (TPSA) is 41.3 Å². The molecule has 1 aromatic heterocycles. The van der Waals surface area contributed by atoms with Crippen LogP contribution in [0.4, 0.5) is 0 Å². The van der Waals surface area contributed by atoms with E-state index < -0.39 is 0 Å². The van der Waals surface area contributed by atoms with Crippen molar-refractivity contribution in [3.05, 3.63) is 17.0 Å². The Labute approximate surface area is 129 Å². The fraction of sp³-hybridized carbons (Fsp3) is 0.786. The van der Waals surface area contributed by atoms with Gasteiger partial charge in [0, 0.05) is 66.4 Å². The highest BCUT2D eigenvalue weighted by Crippen LogP contribution is 2.28. The summed E-state index contributed by atoms with van der Waals surface area (Å²) in [6.07, 6.45) is 1.07. The molecule has 0 aliphatic carbocycles. The summed E-state index contributed by atoms with van der Waals surface area (Å²) in [5.41, 5.74) is 3.53. The molecule has 0 bridgehead atoms. The molecule has 0 saturated carbocycles. The first-order valence-electron chi connectivity index (χ1n) is 7.41. The van der Waals surface area contributed by atoms with Gasteiger partial charge in [0.15, 0.2) is 0 Å². The van der Waals surface area contributed by atoms with Gasteiger partial charge in [-0.25, -0.2) is 0 Å². The van der Waals surface area contributed by atoms with Crippen LogP contribution in [0, 0.1) is 0 Å². The molecule has 4 nitrogen and oxygen atoms in total. The van der Waals surface area contributed by atoms with Gasteiger partial charge in [-0.05, 0) is 6.92 Å². The molecule has 0 spiro atoms. The van der Waals surface area contributed by atoms with Gasteiger partial charge in [0.2, 0.25) is 0 Å². The Morgan fingerprint density at radius 2 is 2.05 bits per heavy atom. The van der Waals surface area contributed by atoms with Crippen molar-refractivity contribution < 1.29 is 5.11 Å². The molecule has 0 amide bonds. The fourth-order valence-corrected chi connectivity index (χ4v) is 5.73. The molecule has 1 N–H and O–H groups in total. The molecular weight excluding hydrogens is 290 g/mol. The molecule has 3 rings (SSSR count). The molecule has 3 heterocycles. The van der Waals surface area contributed by atoms with Gasteiger partial charge in [-0.2, -0.15) is 28.6 Å². The van der Waals surface area contributed by atoms with Crippen molar-refractivity contribution in [2.24, 2.45) is 0 Å². The molecule has 0 atom stereocenters. The van der Waals surface area contributed by atoms with Crippen molar-refractivity contribution in [3.63, 3.8) is 0 Å². The zero-order chi connectivity index (χ0) is 13.9. The highest BCUT2D eigenvalue weighted by molar-refractivity contribution is 8.03. The number of hydrogen-bond acceptors (Lipinski definition) is 5. The molecule has 2 aliphatic heterocycles. The molecule has 2 aliphatic rings. The van der Waals surface area contributed by atoms with Gasteiger partial charge in [-0.3, -0.25) is 9.58 Å². The lowest BCUT2D eigenvalue weighted by Gasteiger charge is -2.34. The first-order valence-corrected chi connectivity index (χ1v) is 9.72. The first-order chi connectivity index (χ1) is 9.83. The maximum Gasteiger partial charge on any atom is 0.0926 e. The molecule has 1 saturated heterocycles. The normalized spacial score (nSPS) is 21.7. The fourth-order valence-electron chi connectivity index (χ4n) is 3.10.